The molecule has 0 aliphatic carbocycles. The van der Waals surface area contributed by atoms with Gasteiger partial charge in [0.25, 0.3) is 5.91 Å². The summed E-state index contributed by atoms with van der Waals surface area (Å²) in [7, 11) is 0. The summed E-state index contributed by atoms with van der Waals surface area (Å²) in [5.74, 6) is 0.112. The van der Waals surface area contributed by atoms with E-state index in [1.807, 2.05) is 30.3 Å². The maximum Gasteiger partial charge on any atom is 0.279 e. The van der Waals surface area contributed by atoms with E-state index in [0.717, 1.165) is 12.2 Å². The van der Waals surface area contributed by atoms with Gasteiger partial charge in [-0.15, -0.1) is 0 Å². The maximum atomic E-state index is 12.2. The SMILES string of the molecule is C[C@H]1CCCC[NH+]1CC(=O)Nc1ccc(-c2ccccc2)cc1. The normalized spacial score (nSPS) is 20.9. The van der Waals surface area contributed by atoms with E-state index in [1.165, 1.54) is 35.3 Å². The van der Waals surface area contributed by atoms with E-state index < -0.39 is 0 Å². The van der Waals surface area contributed by atoms with Crippen LogP contribution in [0.2, 0.25) is 0 Å². The van der Waals surface area contributed by atoms with Crippen molar-refractivity contribution >= 4 is 11.6 Å². The Balaban J connectivity index is 1.58. The van der Waals surface area contributed by atoms with E-state index in [0.29, 0.717) is 12.6 Å². The van der Waals surface area contributed by atoms with Crippen LogP contribution in [0.5, 0.6) is 0 Å². The van der Waals surface area contributed by atoms with Crippen molar-refractivity contribution in [3.05, 3.63) is 54.6 Å². The van der Waals surface area contributed by atoms with E-state index in [4.69, 9.17) is 0 Å². The largest absolute Gasteiger partial charge is 0.325 e. The van der Waals surface area contributed by atoms with Gasteiger partial charge in [0, 0.05) is 5.69 Å². The lowest BCUT2D eigenvalue weighted by Gasteiger charge is -2.29. The number of likely N-dealkylation sites (tertiary alicyclic amines) is 1. The summed E-state index contributed by atoms with van der Waals surface area (Å²) in [6.07, 6.45) is 3.76. The van der Waals surface area contributed by atoms with Crippen LogP contribution in [-0.4, -0.2) is 25.0 Å². The Bertz CT molecular complexity index is 636. The highest BCUT2D eigenvalue weighted by Crippen LogP contribution is 2.20. The zero-order chi connectivity index (χ0) is 16.1. The first-order valence-corrected chi connectivity index (χ1v) is 8.52. The molecule has 23 heavy (non-hydrogen) atoms. The molecule has 1 aliphatic rings. The van der Waals surface area contributed by atoms with E-state index in [2.05, 4.69) is 36.5 Å². The Morgan fingerprint density at radius 2 is 1.74 bits per heavy atom. The summed E-state index contributed by atoms with van der Waals surface area (Å²) >= 11 is 0. The highest BCUT2D eigenvalue weighted by molar-refractivity contribution is 5.91. The zero-order valence-electron chi connectivity index (χ0n) is 13.7. The molecule has 3 rings (SSSR count). The lowest BCUT2D eigenvalue weighted by atomic mass is 10.0. The number of amides is 1. The third-order valence-electron chi connectivity index (χ3n) is 4.75. The van der Waals surface area contributed by atoms with Crippen molar-refractivity contribution in [3.63, 3.8) is 0 Å². The predicted octanol–water partition coefficient (Wildman–Crippen LogP) is 2.75. The Morgan fingerprint density at radius 3 is 2.43 bits per heavy atom. The molecule has 0 spiro atoms. The van der Waals surface area contributed by atoms with Gasteiger partial charge in [0.1, 0.15) is 0 Å². The van der Waals surface area contributed by atoms with Gasteiger partial charge < -0.3 is 10.2 Å². The first-order chi connectivity index (χ1) is 11.2. The number of carbonyl (C=O) groups excluding carboxylic acids is 1. The highest BCUT2D eigenvalue weighted by Gasteiger charge is 2.24. The highest BCUT2D eigenvalue weighted by atomic mass is 16.2. The van der Waals surface area contributed by atoms with Crippen molar-refractivity contribution in [2.75, 3.05) is 18.4 Å². The third kappa shape index (κ3) is 4.20. The number of piperidine rings is 1. The minimum atomic E-state index is 0.112. The van der Waals surface area contributed by atoms with Crippen molar-refractivity contribution in [3.8, 4) is 11.1 Å². The molecule has 2 aromatic carbocycles. The van der Waals surface area contributed by atoms with Crippen LogP contribution < -0.4 is 10.2 Å². The minimum Gasteiger partial charge on any atom is -0.325 e. The van der Waals surface area contributed by atoms with E-state index in [1.54, 1.807) is 0 Å². The van der Waals surface area contributed by atoms with Gasteiger partial charge in [-0.05, 0) is 49.4 Å². The molecular weight excluding hydrogens is 284 g/mol. The number of nitrogens with one attached hydrogen (secondary N) is 2. The zero-order valence-corrected chi connectivity index (χ0v) is 13.7. The van der Waals surface area contributed by atoms with Crippen LogP contribution in [0.15, 0.2) is 54.6 Å². The summed E-state index contributed by atoms with van der Waals surface area (Å²) in [5.41, 5.74) is 3.23. The molecule has 1 fully saturated rings. The number of rotatable bonds is 4. The van der Waals surface area contributed by atoms with Crippen LogP contribution in [0.25, 0.3) is 11.1 Å². The molecule has 0 radical (unpaired) electrons. The number of carbonyl (C=O) groups is 1. The van der Waals surface area contributed by atoms with Crippen LogP contribution >= 0.6 is 0 Å². The molecule has 1 saturated heterocycles. The molecule has 3 heteroatoms. The van der Waals surface area contributed by atoms with Crippen molar-refractivity contribution < 1.29 is 9.69 Å². The molecular formula is C20H25N2O+. The van der Waals surface area contributed by atoms with Gasteiger partial charge in [-0.1, -0.05) is 42.5 Å². The monoisotopic (exact) mass is 309 g/mol. The molecule has 1 amide bonds. The summed E-state index contributed by atoms with van der Waals surface area (Å²) < 4.78 is 0. The third-order valence-corrected chi connectivity index (χ3v) is 4.75. The van der Waals surface area contributed by atoms with Gasteiger partial charge >= 0.3 is 0 Å². The van der Waals surface area contributed by atoms with E-state index in [9.17, 15) is 4.79 Å². The van der Waals surface area contributed by atoms with Gasteiger partial charge in [-0.25, -0.2) is 0 Å². The molecule has 1 aliphatic heterocycles. The van der Waals surface area contributed by atoms with Gasteiger partial charge in [0.05, 0.1) is 12.6 Å². The predicted molar refractivity (Wildman–Crippen MR) is 94.5 cm³/mol. The fourth-order valence-corrected chi connectivity index (χ4v) is 3.30. The van der Waals surface area contributed by atoms with E-state index >= 15 is 0 Å². The maximum absolute atomic E-state index is 12.2. The molecule has 1 heterocycles. The molecule has 3 nitrogen and oxygen atoms in total. The van der Waals surface area contributed by atoms with Crippen molar-refractivity contribution in [1.82, 2.24) is 0 Å². The Kier molecular flexibility index (Phi) is 5.09. The molecule has 2 aromatic rings. The standard InChI is InChI=1S/C20H24N2O/c1-16-7-5-6-14-22(16)15-20(23)21-19-12-10-18(11-13-19)17-8-3-2-4-9-17/h2-4,8-13,16H,5-7,14-15H2,1H3,(H,21,23)/p+1/t16-/m0/s1. The van der Waals surface area contributed by atoms with Crippen LogP contribution in [0.4, 0.5) is 5.69 Å². The molecule has 0 bridgehead atoms. The number of quaternary nitrogens is 1. The van der Waals surface area contributed by atoms with Crippen LogP contribution in [-0.2, 0) is 4.79 Å². The average Bonchev–Trinajstić information content (AvgIpc) is 2.58. The van der Waals surface area contributed by atoms with Gasteiger partial charge in [0.15, 0.2) is 6.54 Å². The smallest absolute Gasteiger partial charge is 0.279 e. The number of hydrogen-bond acceptors (Lipinski definition) is 1. The second-order valence-electron chi connectivity index (χ2n) is 6.47. The van der Waals surface area contributed by atoms with Crippen molar-refractivity contribution in [1.29, 1.82) is 0 Å². The molecule has 0 saturated carbocycles. The summed E-state index contributed by atoms with van der Waals surface area (Å²) in [5, 5.41) is 3.03. The first-order valence-electron chi connectivity index (χ1n) is 8.52. The van der Waals surface area contributed by atoms with Crippen molar-refractivity contribution in [2.24, 2.45) is 0 Å². The van der Waals surface area contributed by atoms with Crippen molar-refractivity contribution in [2.45, 2.75) is 32.2 Å². The van der Waals surface area contributed by atoms with E-state index in [-0.39, 0.29) is 5.91 Å². The fourth-order valence-electron chi connectivity index (χ4n) is 3.30. The lowest BCUT2D eigenvalue weighted by Crippen LogP contribution is -3.17. The van der Waals surface area contributed by atoms with Gasteiger partial charge in [0.2, 0.25) is 0 Å². The molecule has 120 valence electrons. The Morgan fingerprint density at radius 1 is 1.04 bits per heavy atom. The average molecular weight is 309 g/mol. The number of benzene rings is 2. The minimum absolute atomic E-state index is 0.112. The van der Waals surface area contributed by atoms with Crippen LogP contribution in [0.1, 0.15) is 26.2 Å². The van der Waals surface area contributed by atoms with Crippen LogP contribution in [0, 0.1) is 0 Å². The second-order valence-corrected chi connectivity index (χ2v) is 6.47. The quantitative estimate of drug-likeness (QED) is 0.894. The fraction of sp³-hybridized carbons (Fsp3) is 0.350. The topological polar surface area (TPSA) is 33.5 Å². The molecule has 2 N–H and O–H groups in total. The van der Waals surface area contributed by atoms with Crippen LogP contribution in [0.3, 0.4) is 0 Å². The number of anilines is 1. The lowest BCUT2D eigenvalue weighted by molar-refractivity contribution is -0.920. The van der Waals surface area contributed by atoms with Gasteiger partial charge in [-0.3, -0.25) is 4.79 Å². The Hall–Kier alpha value is -2.13. The first kappa shape index (κ1) is 15.8. The molecule has 2 atom stereocenters. The molecule has 1 unspecified atom stereocenters. The van der Waals surface area contributed by atoms with Gasteiger partial charge in [-0.2, -0.15) is 0 Å². The number of hydrogen-bond donors (Lipinski definition) is 2. The second kappa shape index (κ2) is 7.42. The summed E-state index contributed by atoms with van der Waals surface area (Å²) in [4.78, 5) is 13.7. The summed E-state index contributed by atoms with van der Waals surface area (Å²) in [6, 6.07) is 18.9. The molecule has 0 aromatic heterocycles. The Labute approximate surface area is 138 Å². The summed E-state index contributed by atoms with van der Waals surface area (Å²) in [6.45, 7) is 3.93.